The van der Waals surface area contributed by atoms with E-state index < -0.39 is 11.9 Å². The van der Waals surface area contributed by atoms with Crippen LogP contribution >= 0.6 is 0 Å². The van der Waals surface area contributed by atoms with Crippen molar-refractivity contribution < 1.29 is 28.5 Å². The number of carbonyl (C=O) groups is 2. The third-order valence-corrected chi connectivity index (χ3v) is 4.03. The molecule has 0 atom stereocenters. The lowest BCUT2D eigenvalue weighted by atomic mass is 10.2. The summed E-state index contributed by atoms with van der Waals surface area (Å²) in [5.41, 5.74) is 1.27. The van der Waals surface area contributed by atoms with Crippen LogP contribution in [0.15, 0.2) is 78.9 Å². The summed E-state index contributed by atoms with van der Waals surface area (Å²) in [6.45, 7) is 2.28. The monoisotopic (exact) mass is 406 g/mol. The molecule has 0 saturated heterocycles. The van der Waals surface area contributed by atoms with Crippen molar-refractivity contribution >= 4 is 11.9 Å². The molecule has 0 aliphatic rings. The molecule has 0 radical (unpaired) electrons. The number of hydrogen-bond acceptors (Lipinski definition) is 6. The first kappa shape index (κ1) is 20.9. The Morgan fingerprint density at radius 2 is 1.40 bits per heavy atom. The van der Waals surface area contributed by atoms with E-state index in [2.05, 4.69) is 0 Å². The Morgan fingerprint density at radius 1 is 0.767 bits per heavy atom. The first-order chi connectivity index (χ1) is 14.7. The molecule has 0 bridgehead atoms. The van der Waals surface area contributed by atoms with Gasteiger partial charge in [-0.15, -0.1) is 0 Å². The van der Waals surface area contributed by atoms with Gasteiger partial charge >= 0.3 is 11.9 Å². The molecule has 0 aromatic heterocycles. The molecule has 30 heavy (non-hydrogen) atoms. The van der Waals surface area contributed by atoms with E-state index >= 15 is 0 Å². The normalized spacial score (nSPS) is 10.2. The lowest BCUT2D eigenvalue weighted by Gasteiger charge is -2.11. The number of carbonyl (C=O) groups excluding carboxylic acids is 2. The fraction of sp³-hybridized carbons (Fsp3) is 0.167. The smallest absolute Gasteiger partial charge is 0.349 e. The second-order valence-corrected chi connectivity index (χ2v) is 6.23. The molecule has 0 spiro atoms. The maximum Gasteiger partial charge on any atom is 0.349 e. The van der Waals surface area contributed by atoms with E-state index in [9.17, 15) is 9.59 Å². The second kappa shape index (κ2) is 10.7. The maximum absolute atomic E-state index is 12.1. The Bertz CT molecular complexity index is 967. The molecule has 0 N–H and O–H groups in total. The van der Waals surface area contributed by atoms with Crippen LogP contribution in [-0.4, -0.2) is 25.2 Å². The van der Waals surface area contributed by atoms with Gasteiger partial charge in [0.1, 0.15) is 12.4 Å². The van der Waals surface area contributed by atoms with Gasteiger partial charge in [0.15, 0.2) is 18.1 Å². The van der Waals surface area contributed by atoms with Gasteiger partial charge in [0.2, 0.25) is 0 Å². The number of benzene rings is 3. The molecular weight excluding hydrogens is 384 g/mol. The van der Waals surface area contributed by atoms with Crippen LogP contribution in [0, 0.1) is 0 Å². The van der Waals surface area contributed by atoms with Crippen molar-refractivity contribution in [2.75, 3.05) is 13.2 Å². The maximum atomic E-state index is 12.1. The summed E-state index contributed by atoms with van der Waals surface area (Å²) in [5.74, 6) is 0.313. The minimum atomic E-state index is -0.569. The summed E-state index contributed by atoms with van der Waals surface area (Å²) in [5, 5.41) is 0. The highest BCUT2D eigenvalue weighted by molar-refractivity contribution is 5.89. The van der Waals surface area contributed by atoms with Gasteiger partial charge in [-0.3, -0.25) is 0 Å². The van der Waals surface area contributed by atoms with Crippen molar-refractivity contribution in [3.8, 4) is 17.2 Å². The lowest BCUT2D eigenvalue weighted by Crippen LogP contribution is -2.18. The van der Waals surface area contributed by atoms with Gasteiger partial charge < -0.3 is 18.9 Å². The Balaban J connectivity index is 1.49. The van der Waals surface area contributed by atoms with E-state index in [-0.39, 0.29) is 13.2 Å². The molecular formula is C24H22O6. The quantitative estimate of drug-likeness (QED) is 0.387. The second-order valence-electron chi connectivity index (χ2n) is 6.23. The molecule has 0 aliphatic carbocycles. The van der Waals surface area contributed by atoms with Crippen LogP contribution in [0.5, 0.6) is 17.2 Å². The Labute approximate surface area is 175 Å². The molecule has 3 aromatic rings. The van der Waals surface area contributed by atoms with Gasteiger partial charge in [-0.2, -0.15) is 0 Å². The molecule has 6 nitrogen and oxygen atoms in total. The Hall–Kier alpha value is -3.80. The van der Waals surface area contributed by atoms with Gasteiger partial charge in [0, 0.05) is 0 Å². The predicted octanol–water partition coefficient (Wildman–Crippen LogP) is 4.43. The third-order valence-electron chi connectivity index (χ3n) is 4.03. The fourth-order valence-electron chi connectivity index (χ4n) is 2.61. The lowest BCUT2D eigenvalue weighted by molar-refractivity contribution is -0.136. The molecule has 6 heteroatoms. The summed E-state index contributed by atoms with van der Waals surface area (Å²) in [6.07, 6.45) is 0. The van der Waals surface area contributed by atoms with Crippen molar-refractivity contribution in [1.82, 2.24) is 0 Å². The summed E-state index contributed by atoms with van der Waals surface area (Å²) in [7, 11) is 0. The molecule has 0 heterocycles. The fourth-order valence-corrected chi connectivity index (χ4v) is 2.61. The summed E-state index contributed by atoms with van der Waals surface area (Å²) >= 11 is 0. The van der Waals surface area contributed by atoms with Crippen molar-refractivity contribution in [1.29, 1.82) is 0 Å². The van der Waals surface area contributed by atoms with Gasteiger partial charge in [-0.05, 0) is 48.9 Å². The van der Waals surface area contributed by atoms with Crippen LogP contribution in [0.25, 0.3) is 0 Å². The van der Waals surface area contributed by atoms with E-state index in [4.69, 9.17) is 18.9 Å². The molecule has 0 saturated carbocycles. The van der Waals surface area contributed by atoms with E-state index in [0.29, 0.717) is 29.4 Å². The molecule has 0 fully saturated rings. The average Bonchev–Trinajstić information content (AvgIpc) is 2.78. The molecule has 154 valence electrons. The third kappa shape index (κ3) is 6.10. The van der Waals surface area contributed by atoms with Crippen molar-refractivity contribution in [3.63, 3.8) is 0 Å². The topological polar surface area (TPSA) is 71.1 Å². The van der Waals surface area contributed by atoms with Crippen LogP contribution < -0.4 is 14.2 Å². The van der Waals surface area contributed by atoms with Crippen LogP contribution in [0.1, 0.15) is 22.8 Å². The predicted molar refractivity (Wildman–Crippen MR) is 111 cm³/mol. The molecule has 3 aromatic carbocycles. The highest BCUT2D eigenvalue weighted by Gasteiger charge is 2.11. The van der Waals surface area contributed by atoms with Crippen molar-refractivity contribution in [2.45, 2.75) is 13.5 Å². The number of hydrogen-bond donors (Lipinski definition) is 0. The highest BCUT2D eigenvalue weighted by Crippen LogP contribution is 2.26. The number of para-hydroxylation sites is 2. The van der Waals surface area contributed by atoms with Crippen LogP contribution in [0.4, 0.5) is 0 Å². The van der Waals surface area contributed by atoms with E-state index in [1.807, 2.05) is 43.3 Å². The van der Waals surface area contributed by atoms with Gasteiger partial charge in [-0.1, -0.05) is 42.5 Å². The van der Waals surface area contributed by atoms with Crippen LogP contribution in [0.3, 0.4) is 0 Å². The standard InChI is InChI=1S/C24H22O6/c1-2-27-21-10-6-7-11-22(21)28-17-23(25)30-20-14-12-19(13-15-20)24(26)29-16-18-8-4-3-5-9-18/h3-15H,2,16-17H2,1H3. The van der Waals surface area contributed by atoms with Gasteiger partial charge in [0.25, 0.3) is 0 Å². The first-order valence-corrected chi connectivity index (χ1v) is 9.52. The Morgan fingerprint density at radius 3 is 2.07 bits per heavy atom. The SMILES string of the molecule is CCOc1ccccc1OCC(=O)Oc1ccc(C(=O)OCc2ccccc2)cc1. The summed E-state index contributed by atoms with van der Waals surface area (Å²) in [6, 6.07) is 22.7. The van der Waals surface area contributed by atoms with Crippen molar-refractivity contribution in [2.24, 2.45) is 0 Å². The molecule has 0 unspecified atom stereocenters. The summed E-state index contributed by atoms with van der Waals surface area (Å²) in [4.78, 5) is 24.2. The summed E-state index contributed by atoms with van der Waals surface area (Å²) < 4.78 is 21.5. The highest BCUT2D eigenvalue weighted by atomic mass is 16.6. The van der Waals surface area contributed by atoms with Gasteiger partial charge in [0.05, 0.1) is 12.2 Å². The zero-order valence-electron chi connectivity index (χ0n) is 16.6. The van der Waals surface area contributed by atoms with Gasteiger partial charge in [-0.25, -0.2) is 9.59 Å². The van der Waals surface area contributed by atoms with Crippen LogP contribution in [-0.2, 0) is 16.1 Å². The largest absolute Gasteiger partial charge is 0.490 e. The number of ether oxygens (including phenoxy) is 4. The molecule has 0 amide bonds. The zero-order chi connectivity index (χ0) is 21.2. The van der Waals surface area contributed by atoms with Crippen LogP contribution in [0.2, 0.25) is 0 Å². The van der Waals surface area contributed by atoms with E-state index in [1.165, 1.54) is 12.1 Å². The minimum Gasteiger partial charge on any atom is -0.490 e. The van der Waals surface area contributed by atoms with Crippen molar-refractivity contribution in [3.05, 3.63) is 90.0 Å². The average molecular weight is 406 g/mol. The van der Waals surface area contributed by atoms with E-state index in [0.717, 1.165) is 5.56 Å². The first-order valence-electron chi connectivity index (χ1n) is 9.52. The molecule has 0 aliphatic heterocycles. The Kier molecular flexibility index (Phi) is 7.44. The minimum absolute atomic E-state index is 0.191. The zero-order valence-corrected chi connectivity index (χ0v) is 16.6. The number of esters is 2. The van der Waals surface area contributed by atoms with E-state index in [1.54, 1.807) is 30.3 Å². The number of rotatable bonds is 9. The molecule has 3 rings (SSSR count).